The lowest BCUT2D eigenvalue weighted by Gasteiger charge is -2.32. The first-order chi connectivity index (χ1) is 60.3. The Morgan fingerprint density at radius 1 is 0.211 bits per heavy atom. The number of benzene rings is 12. The molecule has 0 bridgehead atoms. The Morgan fingerprint density at radius 2 is 0.414 bits per heavy atom. The van der Waals surface area contributed by atoms with Crippen molar-refractivity contribution in [1.29, 1.82) is 0 Å². The molecule has 12 nitrogen and oxygen atoms in total. The highest BCUT2D eigenvalue weighted by atomic mass is 35.5. The predicted octanol–water partition coefficient (Wildman–Crippen LogP) is 28.1. The fourth-order valence-corrected chi connectivity index (χ4v) is 16.2. The second-order valence-electron chi connectivity index (χ2n) is 41.3. The van der Waals surface area contributed by atoms with Crippen LogP contribution in [0, 0.1) is 0 Å². The van der Waals surface area contributed by atoms with E-state index >= 15 is 0 Å². The topological polar surface area (TPSA) is 133 Å². The molecule has 14 aromatic rings. The normalized spacial score (nSPS) is 16.1. The minimum absolute atomic E-state index is 0.0201. The predicted molar refractivity (Wildman–Crippen MR) is 533 cm³/mol. The zero-order valence-corrected chi connectivity index (χ0v) is 79.7. The summed E-state index contributed by atoms with van der Waals surface area (Å²) in [5.74, 6) is 3.53. The maximum atomic E-state index is 6.96. The van der Waals surface area contributed by atoms with Gasteiger partial charge in [-0.3, -0.25) is 0 Å². The highest BCUT2D eigenvalue weighted by Gasteiger charge is 2.64. The Balaban J connectivity index is 0.000000166. The van der Waals surface area contributed by atoms with Crippen LogP contribution in [0.15, 0.2) is 291 Å². The van der Waals surface area contributed by atoms with Crippen LogP contribution in [0.4, 0.5) is 0 Å². The van der Waals surface area contributed by atoms with Crippen molar-refractivity contribution in [1.82, 2.24) is 29.9 Å². The molecule has 5 heterocycles. The van der Waals surface area contributed by atoms with Gasteiger partial charge in [0.15, 0.2) is 34.9 Å². The molecule has 0 aliphatic carbocycles. The molecule has 17 rings (SSSR count). The Morgan fingerprint density at radius 3 is 0.680 bits per heavy atom. The van der Waals surface area contributed by atoms with Gasteiger partial charge < -0.3 is 27.9 Å². The molecule has 128 heavy (non-hydrogen) atoms. The van der Waals surface area contributed by atoms with Crippen LogP contribution in [0.1, 0.15) is 188 Å². The summed E-state index contributed by atoms with van der Waals surface area (Å²) in [5.41, 5.74) is 21.7. The first-order valence-electron chi connectivity index (χ1n) is 44.8. The van der Waals surface area contributed by atoms with Crippen molar-refractivity contribution >= 4 is 38.2 Å². The lowest BCUT2D eigenvalue weighted by atomic mass is 9.49. The van der Waals surface area contributed by atoms with Crippen molar-refractivity contribution in [3.63, 3.8) is 0 Å². The van der Waals surface area contributed by atoms with Gasteiger partial charge in [-0.2, -0.15) is 0 Å². The van der Waals surface area contributed by atoms with E-state index in [0.29, 0.717) is 40.0 Å². The van der Waals surface area contributed by atoms with E-state index in [1.807, 2.05) is 104 Å². The first kappa shape index (κ1) is 91.6. The fourth-order valence-electron chi connectivity index (χ4n) is 16.0. The van der Waals surface area contributed by atoms with E-state index < -0.39 is 32.3 Å². The van der Waals surface area contributed by atoms with Crippen LogP contribution in [0.25, 0.3) is 135 Å². The highest BCUT2D eigenvalue weighted by Crippen LogP contribution is 2.47. The summed E-state index contributed by atoms with van der Waals surface area (Å²) in [6, 6.07) is 102. The first-order valence-corrected chi connectivity index (χ1v) is 45.1. The molecule has 3 aliphatic heterocycles. The van der Waals surface area contributed by atoms with E-state index in [1.165, 1.54) is 22.3 Å². The molecule has 0 atom stereocenters. The standard InChI is InChI=1S/C53H54BN3O2.C47H42ClN3.C12H24B2O4/c1-50(2,3)40-30-38(31-41(34-40)51(4,5)6)37-29-39(33-42(32-37)54-58-52(7,8)53(9,10)59-54)47-55-48(45-27-19-17-25-43(45)35-21-13-11-14-22-35)57-49(56-47)46-28-20-18-26-44(46)36-23-15-12-16-24-36;1-46(2,3)36-26-34(27-37(30-36)47(4,5)6)33-25-35(29-38(48)28-33)43-49-44(41-23-15-13-21-39(41)31-17-9-7-10-18-31)51-45(50-43)42-24-16-14-22-40(42)32-19-11-8-12-20-32;1-9(2)10(3,4)16-13(15-9)14-17-11(5,6)12(7,8)18-14/h11-34H,1-10H3;7-30H,1-6H3;1-8H3. The van der Waals surface area contributed by atoms with Crippen molar-refractivity contribution in [3.05, 3.63) is 318 Å². The summed E-state index contributed by atoms with van der Waals surface area (Å²) in [4.78, 5) is 31.6. The number of nitrogens with zero attached hydrogens (tertiary/aromatic N) is 6. The van der Waals surface area contributed by atoms with Crippen molar-refractivity contribution in [3.8, 4) is 135 Å². The van der Waals surface area contributed by atoms with Gasteiger partial charge in [0.2, 0.25) is 0 Å². The molecule has 0 unspecified atom stereocenters. The van der Waals surface area contributed by atoms with Crippen molar-refractivity contribution in [2.45, 2.75) is 221 Å². The molecule has 0 radical (unpaired) electrons. The van der Waals surface area contributed by atoms with Gasteiger partial charge in [-0.25, -0.2) is 29.9 Å². The molecular formula is C112H120B3ClN6O6. The van der Waals surface area contributed by atoms with Crippen LogP contribution in [0.3, 0.4) is 0 Å². The maximum Gasteiger partial charge on any atom is 0.494 e. The minimum Gasteiger partial charge on any atom is -0.405 e. The monoisotopic (exact) mass is 1710 g/mol. The van der Waals surface area contributed by atoms with Gasteiger partial charge >= 0.3 is 21.1 Å². The number of hydrogen-bond acceptors (Lipinski definition) is 12. The van der Waals surface area contributed by atoms with E-state index in [9.17, 15) is 0 Å². The minimum atomic E-state index is -0.593. The summed E-state index contributed by atoms with van der Waals surface area (Å²) in [6.07, 6.45) is 0. The summed E-state index contributed by atoms with van der Waals surface area (Å²) < 4.78 is 37.3. The Labute approximate surface area is 766 Å². The quantitative estimate of drug-likeness (QED) is 0.0960. The number of rotatable bonds is 14. The van der Waals surface area contributed by atoms with Gasteiger partial charge in [-0.05, 0) is 223 Å². The molecule has 3 saturated heterocycles. The lowest BCUT2D eigenvalue weighted by molar-refractivity contribution is 0.00578. The molecule has 3 fully saturated rings. The summed E-state index contributed by atoms with van der Waals surface area (Å²) in [5, 5.41) is 0.624. The van der Waals surface area contributed by atoms with Crippen LogP contribution in [0.5, 0.6) is 0 Å². The molecular weight excluding hydrogens is 1590 g/mol. The van der Waals surface area contributed by atoms with Gasteiger partial charge in [-0.15, -0.1) is 0 Å². The number of aromatic nitrogens is 6. The van der Waals surface area contributed by atoms with E-state index in [-0.39, 0.29) is 44.1 Å². The van der Waals surface area contributed by atoms with Crippen LogP contribution in [0.2, 0.25) is 5.02 Å². The van der Waals surface area contributed by atoms with E-state index in [1.54, 1.807) is 0 Å². The third kappa shape index (κ3) is 19.9. The summed E-state index contributed by atoms with van der Waals surface area (Å²) in [6.45, 7) is 51.8. The van der Waals surface area contributed by atoms with Gasteiger partial charge in [0.05, 0.1) is 33.6 Å². The van der Waals surface area contributed by atoms with E-state index in [4.69, 9.17) is 69.4 Å². The molecule has 16 heteroatoms. The Kier molecular flexibility index (Phi) is 25.3. The summed E-state index contributed by atoms with van der Waals surface area (Å²) in [7, 11) is -1.54. The molecule has 2 aromatic heterocycles. The molecule has 0 saturated carbocycles. The van der Waals surface area contributed by atoms with Gasteiger partial charge in [0.1, 0.15) is 0 Å². The van der Waals surface area contributed by atoms with Crippen LogP contribution >= 0.6 is 11.6 Å². The Bertz CT molecular complexity index is 6020. The maximum absolute atomic E-state index is 6.96. The molecule has 0 amide bonds. The summed E-state index contributed by atoms with van der Waals surface area (Å²) >= 11 is 6.96. The lowest BCUT2D eigenvalue weighted by Crippen LogP contribution is -2.41. The third-order valence-corrected chi connectivity index (χ3v) is 26.2. The molecule has 12 aromatic carbocycles. The second-order valence-corrected chi connectivity index (χ2v) is 41.7. The molecule has 3 aliphatic rings. The van der Waals surface area contributed by atoms with Crippen LogP contribution in [-0.2, 0) is 49.6 Å². The second kappa shape index (κ2) is 35.4. The number of hydrogen-bond donors (Lipinski definition) is 0. The SMILES string of the molecule is CC(C)(C)c1cc(-c2cc(B3OC(C)(C)C(C)(C)O3)cc(-c3nc(-c4ccccc4-c4ccccc4)nc(-c4ccccc4-c4ccccc4)n3)c2)cc(C(C)(C)C)c1.CC(C)(C)c1cc(-c2cc(Cl)cc(-c3nc(-c4ccccc4-c4ccccc4)nc(-c4ccccc4-c4ccccc4)n3)c2)cc(C(C)(C)C)c1.CC1(C)OB(B2OC(C)(C)C(C)(C)O2)OC1(C)C. The smallest absolute Gasteiger partial charge is 0.405 e. The highest BCUT2D eigenvalue weighted by molar-refractivity contribution is 7.11. The van der Waals surface area contributed by atoms with Gasteiger partial charge in [0.25, 0.3) is 0 Å². The zero-order chi connectivity index (χ0) is 91.5. The molecule has 0 N–H and O–H groups in total. The molecule has 650 valence electrons. The van der Waals surface area contributed by atoms with Gasteiger partial charge in [-0.1, -0.05) is 362 Å². The van der Waals surface area contributed by atoms with Crippen LogP contribution in [-0.4, -0.2) is 84.6 Å². The van der Waals surface area contributed by atoms with E-state index in [0.717, 1.165) is 106 Å². The molecule has 0 spiro atoms. The van der Waals surface area contributed by atoms with Gasteiger partial charge in [0, 0.05) is 38.4 Å². The van der Waals surface area contributed by atoms with Crippen molar-refractivity contribution < 1.29 is 27.9 Å². The fraction of sp³-hybridized carbons (Fsp3) is 0.304. The zero-order valence-electron chi connectivity index (χ0n) is 79.0. The van der Waals surface area contributed by atoms with E-state index in [2.05, 4.69) is 353 Å². The average Bonchev–Trinajstić information content (AvgIpc) is 1.47. The van der Waals surface area contributed by atoms with Crippen molar-refractivity contribution in [2.75, 3.05) is 0 Å². The average molecular weight is 1710 g/mol. The largest absolute Gasteiger partial charge is 0.494 e. The number of halogens is 1. The van der Waals surface area contributed by atoms with Crippen molar-refractivity contribution in [2.24, 2.45) is 0 Å². The third-order valence-electron chi connectivity index (χ3n) is 25.9. The Hall–Kier alpha value is -11.1. The van der Waals surface area contributed by atoms with Crippen LogP contribution < -0.4 is 5.46 Å².